The molecule has 0 spiro atoms. The normalized spacial score (nSPS) is 25.8. The van der Waals surface area contributed by atoms with Crippen molar-refractivity contribution >= 4 is 195 Å². The molecule has 3 aromatic carbocycles. The summed E-state index contributed by atoms with van der Waals surface area (Å²) in [7, 11) is 0. The molecular weight excluding hydrogens is 2110 g/mol. The molecule has 4 unspecified atom stereocenters. The van der Waals surface area contributed by atoms with Crippen LogP contribution in [-0.2, 0) is 53.6 Å². The summed E-state index contributed by atoms with van der Waals surface area (Å²) in [5.74, 6) is -1.70. The Morgan fingerprint density at radius 2 is 1.13 bits per heavy atom. The summed E-state index contributed by atoms with van der Waals surface area (Å²) in [6, 6.07) is 16.0. The second-order valence-electron chi connectivity index (χ2n) is 25.1. The summed E-state index contributed by atoms with van der Waals surface area (Å²) in [6.45, 7) is 7.94. The number of hydrogen-bond donors (Lipinski definition) is 10. The number of nitrogens with zero attached hydrogens (tertiary/aromatic N) is 10. The van der Waals surface area contributed by atoms with E-state index in [1.165, 1.54) is 47.5 Å². The van der Waals surface area contributed by atoms with Crippen molar-refractivity contribution in [2.45, 2.75) is 200 Å². The van der Waals surface area contributed by atoms with Gasteiger partial charge < -0.3 is 80.5 Å². The number of alkyl halides is 5. The molecule has 6 fully saturated rings. The molecule has 11 N–H and O–H groups in total. The fourth-order valence-electron chi connectivity index (χ4n) is 12.2. The first-order valence-corrected chi connectivity index (χ1v) is 42.8. The number of ether oxygens (including phenoxy) is 6. The number of halogens is 11. The maximum Gasteiger partial charge on any atom is 0.407 e. The second-order valence-corrected chi connectivity index (χ2v) is 42.9. The quantitative estimate of drug-likeness (QED) is 0.00671. The van der Waals surface area contributed by atoms with Gasteiger partial charge in [-0.2, -0.15) is 0 Å². The molecule has 1 amide bonds. The van der Waals surface area contributed by atoms with Crippen LogP contribution >= 0.6 is 160 Å². The number of aromatic nitrogens is 10. The topological polar surface area (TPSA) is 377 Å². The minimum absolute atomic E-state index is 0. The van der Waals surface area contributed by atoms with E-state index < -0.39 is 83.9 Å². The van der Waals surface area contributed by atoms with Gasteiger partial charge in [-0.15, -0.1) is 22.6 Å². The molecule has 0 bridgehead atoms. The van der Waals surface area contributed by atoms with Crippen LogP contribution in [0.5, 0.6) is 0 Å². The SMILES string of the molecule is C.CC1(C)O[C@@H]2[C@H](O1)[C@@H](OCCO)C[C@H]2NC(=O)OCc1ccccc1.CCCSc1nc(Cl)c2nnn(C3C[C@H](OCCO)[C@@H](O)[C@H]3O)c2n1.CCCSc1nc(NC2C[C@H]2c2ccc(F)c(F)c2)c2nnn(C3C[C@H](OCCO)[C@@H](O)[C@H]3O)c2n1.Cl.IC(I)I.ICI.N[C@@H]1CC1c1ccc(F)c(F)c1.[V]. The zero-order chi connectivity index (χ0) is 76.2. The van der Waals surface area contributed by atoms with Crippen LogP contribution in [0.4, 0.5) is 28.2 Å². The van der Waals surface area contributed by atoms with E-state index in [9.17, 15) is 42.8 Å². The van der Waals surface area contributed by atoms with E-state index in [1.54, 1.807) is 12.1 Å². The molecule has 41 heteroatoms. The molecular formula is C67H90Cl2F4I5N13O14S2V. The van der Waals surface area contributed by atoms with Crippen molar-refractivity contribution in [2.75, 3.05) is 58.9 Å². The Hall–Kier alpha value is -1.60. The van der Waals surface area contributed by atoms with E-state index in [-0.39, 0.29) is 144 Å². The maximum atomic E-state index is 13.7. The number of rotatable bonds is 24. The van der Waals surface area contributed by atoms with Crippen molar-refractivity contribution in [3.8, 4) is 0 Å². The van der Waals surface area contributed by atoms with E-state index >= 15 is 0 Å². The number of alkyl carbamates (subject to hydrolysis) is 1. The molecule has 4 aromatic heterocycles. The van der Waals surface area contributed by atoms with Crippen LogP contribution < -0.4 is 16.4 Å². The minimum Gasteiger partial charge on any atom is -0.445 e. The number of carbonyl (C=O) groups excluding carboxylic acids is 1. The van der Waals surface area contributed by atoms with Crippen LogP contribution in [-0.4, -0.2) is 224 Å². The number of fused-ring (bicyclic) bond motifs is 3. The smallest absolute Gasteiger partial charge is 0.407 e. The fraction of sp³-hybridized carbons (Fsp3) is 0.597. The first kappa shape index (κ1) is 97.0. The molecule has 6 aliphatic rings. The molecule has 1 radical (unpaired) electrons. The van der Waals surface area contributed by atoms with E-state index in [2.05, 4.69) is 178 Å². The Morgan fingerprint density at radius 3 is 1.61 bits per heavy atom. The molecule has 5 saturated carbocycles. The van der Waals surface area contributed by atoms with Gasteiger partial charge in [0, 0.05) is 66.8 Å². The Morgan fingerprint density at radius 1 is 0.667 bits per heavy atom. The first-order chi connectivity index (χ1) is 50.3. The summed E-state index contributed by atoms with van der Waals surface area (Å²) in [5, 5.41) is 92.6. The van der Waals surface area contributed by atoms with Gasteiger partial charge in [-0.25, -0.2) is 51.7 Å². The van der Waals surface area contributed by atoms with Gasteiger partial charge in [0.1, 0.15) is 43.2 Å². The third-order valence-electron chi connectivity index (χ3n) is 17.2. The van der Waals surface area contributed by atoms with Gasteiger partial charge in [-0.05, 0) is 86.9 Å². The Bertz CT molecular complexity index is 3890. The number of nitrogens with two attached hydrogens (primary N) is 1. The minimum atomic E-state index is -1.15. The third kappa shape index (κ3) is 27.5. The molecule has 7 aromatic rings. The number of amides is 1. The first-order valence-electron chi connectivity index (χ1n) is 33.6. The van der Waals surface area contributed by atoms with Gasteiger partial charge in [-0.3, -0.25) is 0 Å². The van der Waals surface area contributed by atoms with Crippen LogP contribution in [0, 0.1) is 23.3 Å². The number of anilines is 1. The number of hydrogen-bond acceptors (Lipinski definition) is 26. The number of carbonyl (C=O) groups is 1. The van der Waals surface area contributed by atoms with E-state index in [1.807, 2.05) is 44.2 Å². The van der Waals surface area contributed by atoms with Crippen molar-refractivity contribution in [1.29, 1.82) is 0 Å². The fourth-order valence-corrected chi connectivity index (χ4v) is 13.8. The molecule has 16 atom stereocenters. The average Bonchev–Trinajstić information content (AvgIpc) is 1.63. The maximum absolute atomic E-state index is 13.7. The Labute approximate surface area is 723 Å². The molecule has 5 heterocycles. The number of nitrogens with one attached hydrogen (secondary N) is 2. The van der Waals surface area contributed by atoms with Crippen molar-refractivity contribution in [3.05, 3.63) is 112 Å². The molecule has 108 heavy (non-hydrogen) atoms. The number of benzene rings is 3. The molecule has 1 aliphatic heterocycles. The summed E-state index contributed by atoms with van der Waals surface area (Å²) in [4.78, 5) is 30.1. The van der Waals surface area contributed by atoms with Crippen molar-refractivity contribution in [1.82, 2.24) is 55.2 Å². The molecule has 601 valence electrons. The monoisotopic (exact) mass is 2200 g/mol. The Balaban J connectivity index is 0.000000259. The van der Waals surface area contributed by atoms with Crippen molar-refractivity contribution in [3.63, 3.8) is 0 Å². The van der Waals surface area contributed by atoms with Gasteiger partial charge >= 0.3 is 6.09 Å². The zero-order valence-corrected chi connectivity index (χ0v) is 73.6. The number of aliphatic hydroxyl groups excluding tert-OH is 7. The van der Waals surface area contributed by atoms with Gasteiger partial charge in [0.15, 0.2) is 72.7 Å². The predicted octanol–water partition coefficient (Wildman–Crippen LogP) is 11.2. The Kier molecular flexibility index (Phi) is 42.7. The van der Waals surface area contributed by atoms with Gasteiger partial charge in [0.25, 0.3) is 0 Å². The summed E-state index contributed by atoms with van der Waals surface area (Å²) < 4.78 is 90.7. The zero-order valence-electron chi connectivity index (χ0n) is 58.2. The number of aliphatic hydroxyl groups is 7. The number of thioether (sulfide) groups is 2. The third-order valence-corrected chi connectivity index (χ3v) is 19.5. The summed E-state index contributed by atoms with van der Waals surface area (Å²) in [6.07, 6.45) is -2.41. The predicted molar refractivity (Wildman–Crippen MR) is 443 cm³/mol. The van der Waals surface area contributed by atoms with Gasteiger partial charge in [0.2, 0.25) is 0 Å². The van der Waals surface area contributed by atoms with Crippen molar-refractivity contribution in [2.24, 2.45) is 5.73 Å². The van der Waals surface area contributed by atoms with Crippen LogP contribution in [0.3, 0.4) is 0 Å². The largest absolute Gasteiger partial charge is 0.445 e. The van der Waals surface area contributed by atoms with Crippen LogP contribution in [0.15, 0.2) is 77.0 Å². The van der Waals surface area contributed by atoms with Gasteiger partial charge in [0.05, 0.1) is 78.5 Å². The molecule has 13 rings (SSSR count). The van der Waals surface area contributed by atoms with Crippen LogP contribution in [0.25, 0.3) is 22.3 Å². The van der Waals surface area contributed by atoms with E-state index in [0.29, 0.717) is 56.9 Å². The standard InChI is InChI=1S/C23H28F2N6O4S.C18H25NO6.C14H20ClN5O4S.C9H9F2N.CHI3.CH2I2.CH4.ClH.V/c1-2-7-36-23-27-21(26-15-9-12(15)11-3-4-13(24)14(25)8-11)18-22(28-23)31(30-29-18)16-10-17(35-6-5-32)20(34)19(16)33;1-18(2)24-15-13(10-14(16(15)25-18)22-9-8-20)19-17(21)23-11-12-6-4-3-5-7-12;1-2-5-25-14-16-12(15)9-13(17-14)20(19-18-9)7-6-8(24-4-3-21)11(23)10(7)22;10-7-2-1-5(3-8(7)11)6-4-9(6)12;2-1(3)4;2-1-3;;;/h3-4,8,12,15-17,19-20,32-34H,2,5-7,9-10H2,1H3,(H,26,27,28);3-7,13-16,20H,8-11H2,1-2H3,(H,19,21);7-8,10-11,21-23H,2-6H2,1H3;1-3,6,9H,4,12H2;1H;1H2;1H4;1H;/t12-,15?,16?,17-,19-,20+;13-,14+,15+,16-;7?,8-,10-,11+;6?,9-;;;;;/m0101...../s1. The van der Waals surface area contributed by atoms with E-state index in [0.717, 1.165) is 60.4 Å². The second kappa shape index (κ2) is 47.6. The summed E-state index contributed by atoms with van der Waals surface area (Å²) in [5.41, 5.74) is 9.60. The summed E-state index contributed by atoms with van der Waals surface area (Å²) >= 11 is 20.6. The van der Waals surface area contributed by atoms with Crippen molar-refractivity contribution < 1.29 is 105 Å². The van der Waals surface area contributed by atoms with Gasteiger partial charge in [-0.1, -0.05) is 222 Å². The van der Waals surface area contributed by atoms with Crippen LogP contribution in [0.1, 0.15) is 121 Å². The average molecular weight is 2200 g/mol. The molecule has 1 saturated heterocycles. The van der Waals surface area contributed by atoms with Crippen LogP contribution in [0.2, 0.25) is 5.15 Å². The van der Waals surface area contributed by atoms with E-state index in [4.69, 9.17) is 61.1 Å². The molecule has 5 aliphatic carbocycles. The molecule has 27 nitrogen and oxygen atoms in total.